The molecule has 3 aromatic rings. The lowest BCUT2D eigenvalue weighted by Gasteiger charge is -2.35. The zero-order valence-corrected chi connectivity index (χ0v) is 16.6. The fraction of sp³-hybridized carbons (Fsp3) is 0.208. The van der Waals surface area contributed by atoms with Crippen molar-refractivity contribution in [3.63, 3.8) is 0 Å². The molecule has 3 N–H and O–H groups in total. The van der Waals surface area contributed by atoms with E-state index >= 15 is 0 Å². The van der Waals surface area contributed by atoms with E-state index in [2.05, 4.69) is 34.3 Å². The third-order valence-electron chi connectivity index (χ3n) is 5.37. The molecule has 1 saturated heterocycles. The third kappa shape index (κ3) is 4.41. The molecule has 0 spiro atoms. The van der Waals surface area contributed by atoms with Crippen molar-refractivity contribution in [2.24, 2.45) is 0 Å². The molecular weight excluding hydrogens is 360 g/mol. The van der Waals surface area contributed by atoms with E-state index in [4.69, 9.17) is 5.73 Å². The van der Waals surface area contributed by atoms with E-state index in [0.29, 0.717) is 11.3 Å². The molecule has 1 heterocycles. The van der Waals surface area contributed by atoms with Crippen LogP contribution in [-0.4, -0.2) is 44.0 Å². The number of hydrogen-bond donors (Lipinski definition) is 2. The molecule has 1 aliphatic rings. The maximum atomic E-state index is 12.9. The first-order chi connectivity index (χ1) is 14.1. The van der Waals surface area contributed by atoms with Gasteiger partial charge in [-0.1, -0.05) is 42.5 Å². The van der Waals surface area contributed by atoms with Crippen LogP contribution in [0.3, 0.4) is 0 Å². The molecule has 0 saturated carbocycles. The fourth-order valence-electron chi connectivity index (χ4n) is 3.62. The lowest BCUT2D eigenvalue weighted by atomic mass is 10.0. The number of anilines is 3. The van der Waals surface area contributed by atoms with E-state index in [1.165, 1.54) is 0 Å². The standard InChI is InChI=1S/C24H26N4O/c1-27-13-15-28(16-14-27)23-12-11-21(25)17-22(23)26-24(29)20-9-7-19(8-10-20)18-5-3-2-4-6-18/h2-12,17H,13-16,25H2,1H3,(H,26,29). The monoisotopic (exact) mass is 386 g/mol. The van der Waals surface area contributed by atoms with Crippen molar-refractivity contribution < 1.29 is 4.79 Å². The topological polar surface area (TPSA) is 61.6 Å². The summed E-state index contributed by atoms with van der Waals surface area (Å²) in [5, 5.41) is 3.06. The first kappa shape index (κ1) is 19.0. The van der Waals surface area contributed by atoms with E-state index in [0.717, 1.165) is 48.7 Å². The maximum absolute atomic E-state index is 12.9. The molecule has 1 fully saturated rings. The number of likely N-dealkylation sites (N-methyl/N-ethyl adjacent to an activating group) is 1. The minimum Gasteiger partial charge on any atom is -0.399 e. The Kier molecular flexibility index (Phi) is 5.49. The first-order valence-corrected chi connectivity index (χ1v) is 9.90. The normalized spacial score (nSPS) is 14.6. The van der Waals surface area contributed by atoms with E-state index in [-0.39, 0.29) is 5.91 Å². The molecule has 3 aromatic carbocycles. The van der Waals surface area contributed by atoms with Crippen LogP contribution in [0.5, 0.6) is 0 Å². The largest absolute Gasteiger partial charge is 0.399 e. The predicted octanol–water partition coefficient (Wildman–Crippen LogP) is 3.94. The Morgan fingerprint density at radius 1 is 0.862 bits per heavy atom. The van der Waals surface area contributed by atoms with Crippen molar-refractivity contribution in [1.29, 1.82) is 0 Å². The van der Waals surface area contributed by atoms with Gasteiger partial charge in [0.05, 0.1) is 11.4 Å². The fourth-order valence-corrected chi connectivity index (χ4v) is 3.62. The minimum atomic E-state index is -0.134. The van der Waals surface area contributed by atoms with Crippen molar-refractivity contribution in [2.75, 3.05) is 49.2 Å². The van der Waals surface area contributed by atoms with Gasteiger partial charge >= 0.3 is 0 Å². The summed E-state index contributed by atoms with van der Waals surface area (Å²) >= 11 is 0. The predicted molar refractivity (Wildman–Crippen MR) is 120 cm³/mol. The van der Waals surface area contributed by atoms with Gasteiger partial charge in [0.15, 0.2) is 0 Å². The quantitative estimate of drug-likeness (QED) is 0.667. The van der Waals surface area contributed by atoms with Crippen LogP contribution in [-0.2, 0) is 0 Å². The Hall–Kier alpha value is -3.31. The van der Waals surface area contributed by atoms with Gasteiger partial charge in [0.25, 0.3) is 5.91 Å². The Balaban J connectivity index is 1.53. The van der Waals surface area contributed by atoms with Gasteiger partial charge in [0.2, 0.25) is 0 Å². The molecule has 4 rings (SSSR count). The van der Waals surface area contributed by atoms with Crippen LogP contribution in [0.2, 0.25) is 0 Å². The molecule has 0 atom stereocenters. The zero-order valence-electron chi connectivity index (χ0n) is 16.6. The third-order valence-corrected chi connectivity index (χ3v) is 5.37. The molecule has 5 nitrogen and oxygen atoms in total. The molecule has 0 aliphatic carbocycles. The van der Waals surface area contributed by atoms with E-state index < -0.39 is 0 Å². The van der Waals surface area contributed by atoms with Crippen molar-refractivity contribution in [3.8, 4) is 11.1 Å². The number of piperazine rings is 1. The molecule has 0 bridgehead atoms. The van der Waals surface area contributed by atoms with Crippen molar-refractivity contribution >= 4 is 23.0 Å². The average molecular weight is 386 g/mol. The van der Waals surface area contributed by atoms with Crippen LogP contribution >= 0.6 is 0 Å². The molecule has 148 valence electrons. The lowest BCUT2D eigenvalue weighted by Crippen LogP contribution is -2.44. The van der Waals surface area contributed by atoms with Crippen LogP contribution < -0.4 is 16.0 Å². The van der Waals surface area contributed by atoms with Gasteiger partial charge in [-0.25, -0.2) is 0 Å². The first-order valence-electron chi connectivity index (χ1n) is 9.90. The lowest BCUT2D eigenvalue weighted by molar-refractivity contribution is 0.102. The number of hydrogen-bond acceptors (Lipinski definition) is 4. The van der Waals surface area contributed by atoms with Crippen LogP contribution in [0.4, 0.5) is 17.1 Å². The van der Waals surface area contributed by atoms with Gasteiger partial charge in [-0.3, -0.25) is 4.79 Å². The van der Waals surface area contributed by atoms with Gasteiger partial charge in [-0.2, -0.15) is 0 Å². The van der Waals surface area contributed by atoms with E-state index in [1.807, 2.05) is 60.7 Å². The number of carbonyl (C=O) groups excluding carboxylic acids is 1. The van der Waals surface area contributed by atoms with E-state index in [1.54, 1.807) is 0 Å². The number of nitrogens with two attached hydrogens (primary N) is 1. The number of nitrogen functional groups attached to an aromatic ring is 1. The number of amides is 1. The van der Waals surface area contributed by atoms with Crippen LogP contribution in [0, 0.1) is 0 Å². The van der Waals surface area contributed by atoms with Crippen LogP contribution in [0.15, 0.2) is 72.8 Å². The number of nitrogens with one attached hydrogen (secondary N) is 1. The highest BCUT2D eigenvalue weighted by atomic mass is 16.1. The molecule has 29 heavy (non-hydrogen) atoms. The summed E-state index contributed by atoms with van der Waals surface area (Å²) in [6.45, 7) is 3.85. The van der Waals surface area contributed by atoms with Crippen molar-refractivity contribution in [2.45, 2.75) is 0 Å². The SMILES string of the molecule is CN1CCN(c2ccc(N)cc2NC(=O)c2ccc(-c3ccccc3)cc2)CC1. The number of nitrogens with zero attached hydrogens (tertiary/aromatic N) is 2. The van der Waals surface area contributed by atoms with Crippen LogP contribution in [0.25, 0.3) is 11.1 Å². The highest BCUT2D eigenvalue weighted by Gasteiger charge is 2.18. The minimum absolute atomic E-state index is 0.134. The van der Waals surface area contributed by atoms with Crippen molar-refractivity contribution in [1.82, 2.24) is 4.90 Å². The second kappa shape index (κ2) is 8.37. The molecule has 5 heteroatoms. The molecule has 1 amide bonds. The summed E-state index contributed by atoms with van der Waals surface area (Å²) in [4.78, 5) is 17.5. The molecule has 1 aliphatic heterocycles. The molecule has 0 radical (unpaired) electrons. The summed E-state index contributed by atoms with van der Waals surface area (Å²) in [6, 6.07) is 23.5. The summed E-state index contributed by atoms with van der Waals surface area (Å²) in [6.07, 6.45) is 0. The Labute approximate surface area is 171 Å². The zero-order chi connectivity index (χ0) is 20.2. The second-order valence-corrected chi connectivity index (χ2v) is 7.46. The van der Waals surface area contributed by atoms with E-state index in [9.17, 15) is 4.79 Å². The maximum Gasteiger partial charge on any atom is 0.255 e. The highest BCUT2D eigenvalue weighted by molar-refractivity contribution is 6.06. The molecular formula is C24H26N4O. The highest BCUT2D eigenvalue weighted by Crippen LogP contribution is 2.30. The molecule has 0 unspecified atom stereocenters. The summed E-state index contributed by atoms with van der Waals surface area (Å²) < 4.78 is 0. The summed E-state index contributed by atoms with van der Waals surface area (Å²) in [5.74, 6) is -0.134. The number of rotatable bonds is 4. The van der Waals surface area contributed by atoms with Crippen LogP contribution in [0.1, 0.15) is 10.4 Å². The van der Waals surface area contributed by atoms with Gasteiger partial charge in [0.1, 0.15) is 0 Å². The molecule has 0 aromatic heterocycles. The van der Waals surface area contributed by atoms with Gasteiger partial charge in [0, 0.05) is 37.4 Å². The Morgan fingerprint density at radius 2 is 1.52 bits per heavy atom. The number of benzene rings is 3. The van der Waals surface area contributed by atoms with Gasteiger partial charge < -0.3 is 20.9 Å². The average Bonchev–Trinajstić information content (AvgIpc) is 2.75. The smallest absolute Gasteiger partial charge is 0.255 e. The van der Waals surface area contributed by atoms with Gasteiger partial charge in [-0.05, 0) is 48.5 Å². The second-order valence-electron chi connectivity index (χ2n) is 7.46. The van der Waals surface area contributed by atoms with Gasteiger partial charge in [-0.15, -0.1) is 0 Å². The number of carbonyl (C=O) groups is 1. The summed E-state index contributed by atoms with van der Waals surface area (Å²) in [7, 11) is 2.13. The van der Waals surface area contributed by atoms with Crippen molar-refractivity contribution in [3.05, 3.63) is 78.4 Å². The Morgan fingerprint density at radius 3 is 2.21 bits per heavy atom. The summed E-state index contributed by atoms with van der Waals surface area (Å²) in [5.41, 5.74) is 11.2. The Bertz CT molecular complexity index is 978.